The molecule has 0 spiro atoms. The van der Waals surface area contributed by atoms with Crippen LogP contribution < -0.4 is 14.8 Å². The topological polar surface area (TPSA) is 64.6 Å². The van der Waals surface area contributed by atoms with Crippen molar-refractivity contribution < 1.29 is 27.8 Å². The van der Waals surface area contributed by atoms with Crippen LogP contribution in [0.15, 0.2) is 78.9 Å². The van der Waals surface area contributed by atoms with Gasteiger partial charge in [-0.1, -0.05) is 35.3 Å². The van der Waals surface area contributed by atoms with E-state index in [1.165, 1.54) is 37.4 Å². The Morgan fingerprint density at radius 2 is 1.65 bits per heavy atom. The Labute approximate surface area is 221 Å². The molecule has 5 nitrogen and oxygen atoms in total. The first-order chi connectivity index (χ1) is 17.7. The van der Waals surface area contributed by atoms with E-state index >= 15 is 0 Å². The summed E-state index contributed by atoms with van der Waals surface area (Å²) in [6.07, 6.45) is -0.177. The van der Waals surface area contributed by atoms with Gasteiger partial charge in [0.15, 0.2) is 0 Å². The monoisotopic (exact) mass is 541 g/mol. The van der Waals surface area contributed by atoms with Gasteiger partial charge < -0.3 is 14.8 Å². The van der Waals surface area contributed by atoms with Gasteiger partial charge in [0.05, 0.1) is 19.1 Å². The number of nitrogens with one attached hydrogen (secondary N) is 1. The first-order valence-electron chi connectivity index (χ1n) is 10.9. The third-order valence-corrected chi connectivity index (χ3v) is 5.97. The lowest BCUT2D eigenvalue weighted by molar-refractivity contribution is -0.133. The van der Waals surface area contributed by atoms with Crippen molar-refractivity contribution in [3.8, 4) is 22.6 Å². The smallest absolute Gasteiger partial charge is 0.315 e. The van der Waals surface area contributed by atoms with Crippen molar-refractivity contribution in [2.45, 2.75) is 6.42 Å². The Hall–Kier alpha value is -3.94. The number of halogens is 4. The van der Waals surface area contributed by atoms with Crippen LogP contribution in [0.25, 0.3) is 11.1 Å². The quantitative estimate of drug-likeness (QED) is 0.196. The van der Waals surface area contributed by atoms with E-state index in [0.717, 1.165) is 12.1 Å². The molecule has 0 atom stereocenters. The van der Waals surface area contributed by atoms with E-state index in [1.54, 1.807) is 36.4 Å². The normalized spacial score (nSPS) is 10.6. The Morgan fingerprint density at radius 3 is 2.32 bits per heavy atom. The van der Waals surface area contributed by atoms with Gasteiger partial charge in [-0.25, -0.2) is 8.78 Å². The molecule has 0 fully saturated rings. The molecule has 0 aliphatic rings. The van der Waals surface area contributed by atoms with Crippen molar-refractivity contribution in [2.24, 2.45) is 0 Å². The minimum Gasteiger partial charge on any atom is -0.497 e. The summed E-state index contributed by atoms with van der Waals surface area (Å²) >= 11 is 12.1. The van der Waals surface area contributed by atoms with Crippen molar-refractivity contribution in [2.75, 3.05) is 12.4 Å². The fraction of sp³-hybridized carbons (Fsp3) is 0.0714. The van der Waals surface area contributed by atoms with Crippen molar-refractivity contribution in [3.05, 3.63) is 112 Å². The lowest BCUT2D eigenvalue weighted by atomic mass is 10.0. The highest BCUT2D eigenvalue weighted by atomic mass is 35.5. The molecule has 0 radical (unpaired) electrons. The average molecular weight is 542 g/mol. The van der Waals surface area contributed by atoms with Crippen molar-refractivity contribution in [1.82, 2.24) is 0 Å². The number of anilines is 1. The highest BCUT2D eigenvalue weighted by molar-refractivity contribution is 6.35. The molecular formula is C28H19Cl2F2NO4. The SMILES string of the molecule is COc1ccc(NC(=O)c2cc(-c3ccc(F)cc3F)ccc2OC(=O)Cc2ccc(Cl)cc2Cl)cc1. The first kappa shape index (κ1) is 26.1. The average Bonchev–Trinajstić information content (AvgIpc) is 2.86. The molecule has 4 rings (SSSR count). The van der Waals surface area contributed by atoms with Crippen molar-refractivity contribution in [3.63, 3.8) is 0 Å². The summed E-state index contributed by atoms with van der Waals surface area (Å²) in [7, 11) is 1.52. The van der Waals surface area contributed by atoms with Gasteiger partial charge in [0.2, 0.25) is 0 Å². The molecule has 1 N–H and O–H groups in total. The summed E-state index contributed by atoms with van der Waals surface area (Å²) in [6, 6.07) is 18.6. The van der Waals surface area contributed by atoms with E-state index in [0.29, 0.717) is 27.0 Å². The molecule has 0 aromatic heterocycles. The van der Waals surface area contributed by atoms with Crippen LogP contribution in [0.1, 0.15) is 15.9 Å². The van der Waals surface area contributed by atoms with E-state index in [9.17, 15) is 18.4 Å². The zero-order chi connectivity index (χ0) is 26.5. The summed E-state index contributed by atoms with van der Waals surface area (Å²) < 4.78 is 38.5. The number of esters is 1. The van der Waals surface area contributed by atoms with E-state index < -0.39 is 23.5 Å². The van der Waals surface area contributed by atoms with Crippen LogP contribution in [0.2, 0.25) is 10.0 Å². The van der Waals surface area contributed by atoms with E-state index in [4.69, 9.17) is 32.7 Å². The first-order valence-corrected chi connectivity index (χ1v) is 11.7. The fourth-order valence-electron chi connectivity index (χ4n) is 3.54. The summed E-state index contributed by atoms with van der Waals surface area (Å²) in [5.41, 5.74) is 1.27. The van der Waals surface area contributed by atoms with Crippen LogP contribution in [0.4, 0.5) is 14.5 Å². The van der Waals surface area contributed by atoms with Crippen molar-refractivity contribution >= 4 is 40.8 Å². The highest BCUT2D eigenvalue weighted by Gasteiger charge is 2.19. The summed E-state index contributed by atoms with van der Waals surface area (Å²) in [6.45, 7) is 0. The molecule has 4 aromatic rings. The van der Waals surface area contributed by atoms with E-state index in [2.05, 4.69) is 5.32 Å². The number of ether oxygens (including phenoxy) is 2. The van der Waals surface area contributed by atoms with Gasteiger partial charge in [-0.15, -0.1) is 0 Å². The van der Waals surface area contributed by atoms with Crippen LogP contribution in [0.5, 0.6) is 11.5 Å². The molecule has 37 heavy (non-hydrogen) atoms. The lowest BCUT2D eigenvalue weighted by Gasteiger charge is -2.14. The van der Waals surface area contributed by atoms with Crippen LogP contribution in [0, 0.1) is 11.6 Å². The highest BCUT2D eigenvalue weighted by Crippen LogP contribution is 2.30. The van der Waals surface area contributed by atoms with Crippen LogP contribution in [0.3, 0.4) is 0 Å². The minimum absolute atomic E-state index is 0.0346. The maximum absolute atomic E-state index is 14.4. The van der Waals surface area contributed by atoms with Gasteiger partial charge in [0, 0.05) is 27.4 Å². The number of amides is 1. The second-order valence-corrected chi connectivity index (χ2v) is 8.75. The molecule has 4 aromatic carbocycles. The number of benzene rings is 4. The second-order valence-electron chi connectivity index (χ2n) is 7.90. The molecule has 0 unspecified atom stereocenters. The predicted octanol–water partition coefficient (Wildman–Crippen LogP) is 7.35. The van der Waals surface area contributed by atoms with Gasteiger partial charge in [-0.2, -0.15) is 0 Å². The fourth-order valence-corrected chi connectivity index (χ4v) is 4.01. The number of carbonyl (C=O) groups is 2. The lowest BCUT2D eigenvalue weighted by Crippen LogP contribution is -2.17. The molecule has 0 saturated carbocycles. The molecule has 0 saturated heterocycles. The van der Waals surface area contributed by atoms with Gasteiger partial charge in [0.25, 0.3) is 5.91 Å². The molecule has 1 amide bonds. The predicted molar refractivity (Wildman–Crippen MR) is 139 cm³/mol. The Kier molecular flexibility index (Phi) is 8.06. The Balaban J connectivity index is 1.66. The molecule has 0 heterocycles. The maximum atomic E-state index is 14.4. The third kappa shape index (κ3) is 6.44. The molecule has 0 aliphatic carbocycles. The molecule has 188 valence electrons. The number of hydrogen-bond donors (Lipinski definition) is 1. The second kappa shape index (κ2) is 11.4. The van der Waals surface area contributed by atoms with Crippen molar-refractivity contribution in [1.29, 1.82) is 0 Å². The van der Waals surface area contributed by atoms with Gasteiger partial charge in [-0.3, -0.25) is 9.59 Å². The molecule has 0 aliphatic heterocycles. The summed E-state index contributed by atoms with van der Waals surface area (Å²) in [5, 5.41) is 3.43. The van der Waals surface area contributed by atoms with Crippen LogP contribution in [-0.4, -0.2) is 19.0 Å². The molecular weight excluding hydrogens is 523 g/mol. The number of rotatable bonds is 7. The Morgan fingerprint density at radius 1 is 0.892 bits per heavy atom. The number of hydrogen-bond acceptors (Lipinski definition) is 4. The minimum atomic E-state index is -0.802. The van der Waals surface area contributed by atoms with Gasteiger partial charge in [0.1, 0.15) is 23.1 Å². The zero-order valence-corrected chi connectivity index (χ0v) is 20.9. The Bertz CT molecular complexity index is 1480. The van der Waals surface area contributed by atoms with Gasteiger partial charge in [-0.05, 0) is 71.8 Å². The zero-order valence-electron chi connectivity index (χ0n) is 19.4. The number of methoxy groups -OCH3 is 1. The third-order valence-electron chi connectivity index (χ3n) is 5.39. The molecule has 9 heteroatoms. The summed E-state index contributed by atoms with van der Waals surface area (Å²) in [5.74, 6) is -2.27. The maximum Gasteiger partial charge on any atom is 0.315 e. The van der Waals surface area contributed by atoms with Crippen LogP contribution >= 0.6 is 23.2 Å². The largest absolute Gasteiger partial charge is 0.497 e. The standard InChI is InChI=1S/C28H19Cl2F2NO4/c1-36-21-8-6-20(7-9-21)33-28(35)23-12-16(22-10-5-19(31)15-25(22)32)3-11-26(23)37-27(34)13-17-2-4-18(29)14-24(17)30/h2-12,14-15H,13H2,1H3,(H,33,35). The summed E-state index contributed by atoms with van der Waals surface area (Å²) in [4.78, 5) is 25.9. The number of carbonyl (C=O) groups excluding carboxylic acids is 2. The van der Waals surface area contributed by atoms with Crippen LogP contribution in [-0.2, 0) is 11.2 Å². The van der Waals surface area contributed by atoms with Gasteiger partial charge >= 0.3 is 5.97 Å². The van der Waals surface area contributed by atoms with E-state index in [1.807, 2.05) is 0 Å². The molecule has 0 bridgehead atoms. The van der Waals surface area contributed by atoms with E-state index in [-0.39, 0.29) is 28.9 Å².